The first-order chi connectivity index (χ1) is 11.8. The minimum atomic E-state index is 0.299. The Hall–Kier alpha value is -1.37. The van der Waals surface area contributed by atoms with E-state index >= 15 is 0 Å². The summed E-state index contributed by atoms with van der Waals surface area (Å²) in [5.74, 6) is 1.32. The van der Waals surface area contributed by atoms with Gasteiger partial charge in [0.1, 0.15) is 5.78 Å². The molecule has 24 heavy (non-hydrogen) atoms. The maximum Gasteiger partial charge on any atom is 0.136 e. The van der Waals surface area contributed by atoms with E-state index in [0.29, 0.717) is 17.6 Å². The van der Waals surface area contributed by atoms with Crippen molar-refractivity contribution in [3.8, 4) is 0 Å². The lowest BCUT2D eigenvalue weighted by molar-refractivity contribution is -0.121. The van der Waals surface area contributed by atoms with Crippen LogP contribution in [0, 0.1) is 11.8 Å². The van der Waals surface area contributed by atoms with E-state index in [-0.39, 0.29) is 0 Å². The number of aryl methyl sites for hydroxylation is 1. The number of rotatable bonds is 11. The average Bonchev–Trinajstić information content (AvgIpc) is 2.96. The predicted octanol–water partition coefficient (Wildman–Crippen LogP) is 6.52. The summed E-state index contributed by atoms with van der Waals surface area (Å²) in [6, 6.07) is 10.7. The Bertz CT molecular complexity index is 488. The Kier molecular flexibility index (Phi) is 8.87. The average molecular weight is 327 g/mol. The quantitative estimate of drug-likeness (QED) is 0.334. The number of unbranched alkanes of at least 4 members (excludes halogenated alkanes) is 5. The molecule has 1 fully saturated rings. The van der Waals surface area contributed by atoms with Gasteiger partial charge >= 0.3 is 0 Å². The zero-order valence-corrected chi connectivity index (χ0v) is 15.4. The van der Waals surface area contributed by atoms with Crippen molar-refractivity contribution < 1.29 is 4.79 Å². The minimum absolute atomic E-state index is 0.299. The van der Waals surface area contributed by atoms with Crippen molar-refractivity contribution in [1.82, 2.24) is 0 Å². The largest absolute Gasteiger partial charge is 0.299 e. The summed E-state index contributed by atoms with van der Waals surface area (Å²) in [7, 11) is 0. The monoisotopic (exact) mass is 326 g/mol. The maximum atomic E-state index is 12.2. The molecule has 1 aromatic rings. The molecule has 0 radical (unpaired) electrons. The maximum absolute atomic E-state index is 12.2. The first kappa shape index (κ1) is 19.0. The highest BCUT2D eigenvalue weighted by Gasteiger charge is 2.31. The molecule has 2 atom stereocenters. The summed E-state index contributed by atoms with van der Waals surface area (Å²) in [4.78, 5) is 12.2. The molecule has 1 aliphatic rings. The van der Waals surface area contributed by atoms with E-state index in [1.54, 1.807) is 0 Å². The molecule has 1 heteroatoms. The fourth-order valence-electron chi connectivity index (χ4n) is 3.84. The molecule has 0 aromatic heterocycles. The van der Waals surface area contributed by atoms with Crippen molar-refractivity contribution in [2.45, 2.75) is 77.6 Å². The van der Waals surface area contributed by atoms with Gasteiger partial charge in [-0.2, -0.15) is 0 Å². The number of hydrogen-bond donors (Lipinski definition) is 0. The van der Waals surface area contributed by atoms with Crippen LogP contribution in [-0.2, 0) is 11.2 Å². The smallest absolute Gasteiger partial charge is 0.136 e. The molecule has 1 aromatic carbocycles. The zero-order valence-electron chi connectivity index (χ0n) is 15.4. The van der Waals surface area contributed by atoms with Crippen LogP contribution < -0.4 is 0 Å². The van der Waals surface area contributed by atoms with Gasteiger partial charge in [0.2, 0.25) is 0 Å². The molecule has 0 saturated heterocycles. The highest BCUT2D eigenvalue weighted by Crippen LogP contribution is 2.33. The number of carbonyl (C=O) groups excluding carboxylic acids is 1. The number of Topliss-reactive ketones (excluding diaryl/α,β-unsaturated/α-hetero) is 1. The van der Waals surface area contributed by atoms with Crippen LogP contribution in [0.2, 0.25) is 0 Å². The Morgan fingerprint density at radius 1 is 1.04 bits per heavy atom. The Balaban J connectivity index is 1.67. The summed E-state index contributed by atoms with van der Waals surface area (Å²) in [5.41, 5.74) is 1.42. The SMILES string of the molecule is CCCCCC/C=C/[C@H]1CCC(=O)[C@@H]1CCCCc1ccccc1. The van der Waals surface area contributed by atoms with Gasteiger partial charge in [0.25, 0.3) is 0 Å². The third-order valence-corrected chi connectivity index (χ3v) is 5.34. The molecule has 0 N–H and O–H groups in total. The van der Waals surface area contributed by atoms with E-state index in [1.807, 2.05) is 0 Å². The minimum Gasteiger partial charge on any atom is -0.299 e. The molecule has 0 unspecified atom stereocenters. The molecule has 0 aliphatic heterocycles. The second-order valence-electron chi connectivity index (χ2n) is 7.28. The van der Waals surface area contributed by atoms with Gasteiger partial charge in [-0.25, -0.2) is 0 Å². The van der Waals surface area contributed by atoms with Crippen LogP contribution in [0.25, 0.3) is 0 Å². The third-order valence-electron chi connectivity index (χ3n) is 5.34. The second kappa shape index (κ2) is 11.2. The molecule has 0 spiro atoms. The van der Waals surface area contributed by atoms with Crippen LogP contribution >= 0.6 is 0 Å². The highest BCUT2D eigenvalue weighted by molar-refractivity contribution is 5.83. The lowest BCUT2D eigenvalue weighted by Crippen LogP contribution is -2.13. The lowest BCUT2D eigenvalue weighted by atomic mass is 9.89. The van der Waals surface area contributed by atoms with Crippen molar-refractivity contribution >= 4 is 5.78 Å². The molecule has 132 valence electrons. The molecule has 1 saturated carbocycles. The van der Waals surface area contributed by atoms with E-state index in [4.69, 9.17) is 0 Å². The number of carbonyl (C=O) groups is 1. The van der Waals surface area contributed by atoms with E-state index in [1.165, 1.54) is 50.5 Å². The summed E-state index contributed by atoms with van der Waals surface area (Å²) >= 11 is 0. The molecule has 0 amide bonds. The van der Waals surface area contributed by atoms with Gasteiger partial charge in [-0.05, 0) is 50.0 Å². The van der Waals surface area contributed by atoms with E-state index < -0.39 is 0 Å². The normalized spacial score (nSPS) is 21.0. The third kappa shape index (κ3) is 6.63. The van der Waals surface area contributed by atoms with Gasteiger partial charge in [-0.3, -0.25) is 4.79 Å². The fourth-order valence-corrected chi connectivity index (χ4v) is 3.84. The number of hydrogen-bond acceptors (Lipinski definition) is 1. The van der Waals surface area contributed by atoms with Gasteiger partial charge in [0.15, 0.2) is 0 Å². The Morgan fingerprint density at radius 3 is 2.67 bits per heavy atom. The lowest BCUT2D eigenvalue weighted by Gasteiger charge is -2.15. The van der Waals surface area contributed by atoms with Crippen LogP contribution in [0.4, 0.5) is 0 Å². The fraction of sp³-hybridized carbons (Fsp3) is 0.609. The summed E-state index contributed by atoms with van der Waals surface area (Å²) in [6.07, 6.45) is 17.6. The van der Waals surface area contributed by atoms with Gasteiger partial charge in [0, 0.05) is 12.3 Å². The van der Waals surface area contributed by atoms with Crippen LogP contribution in [0.3, 0.4) is 0 Å². The molecule has 1 aliphatic carbocycles. The van der Waals surface area contributed by atoms with Gasteiger partial charge in [0.05, 0.1) is 0 Å². The number of allylic oxidation sites excluding steroid dienone is 2. The van der Waals surface area contributed by atoms with Crippen molar-refractivity contribution in [1.29, 1.82) is 0 Å². The predicted molar refractivity (Wildman–Crippen MR) is 103 cm³/mol. The van der Waals surface area contributed by atoms with E-state index in [0.717, 1.165) is 25.7 Å². The van der Waals surface area contributed by atoms with Gasteiger partial charge < -0.3 is 0 Å². The number of benzene rings is 1. The van der Waals surface area contributed by atoms with E-state index in [2.05, 4.69) is 49.4 Å². The summed E-state index contributed by atoms with van der Waals surface area (Å²) < 4.78 is 0. The Morgan fingerprint density at radius 2 is 1.88 bits per heavy atom. The summed E-state index contributed by atoms with van der Waals surface area (Å²) in [6.45, 7) is 2.25. The van der Waals surface area contributed by atoms with Crippen LogP contribution in [0.5, 0.6) is 0 Å². The highest BCUT2D eigenvalue weighted by atomic mass is 16.1. The molecule has 1 nitrogen and oxygen atoms in total. The van der Waals surface area contributed by atoms with Crippen LogP contribution in [0.1, 0.15) is 76.7 Å². The van der Waals surface area contributed by atoms with Crippen molar-refractivity contribution in [2.24, 2.45) is 11.8 Å². The zero-order chi connectivity index (χ0) is 17.0. The molecule has 0 heterocycles. The van der Waals surface area contributed by atoms with Crippen molar-refractivity contribution in [3.05, 3.63) is 48.0 Å². The van der Waals surface area contributed by atoms with Gasteiger partial charge in [-0.1, -0.05) is 75.1 Å². The first-order valence-corrected chi connectivity index (χ1v) is 10.0. The summed E-state index contributed by atoms with van der Waals surface area (Å²) in [5, 5.41) is 0. The number of ketones is 1. The van der Waals surface area contributed by atoms with Crippen LogP contribution in [0.15, 0.2) is 42.5 Å². The van der Waals surface area contributed by atoms with E-state index in [9.17, 15) is 4.79 Å². The van der Waals surface area contributed by atoms with Gasteiger partial charge in [-0.15, -0.1) is 0 Å². The molecular weight excluding hydrogens is 292 g/mol. The first-order valence-electron chi connectivity index (χ1n) is 10.0. The van der Waals surface area contributed by atoms with Crippen molar-refractivity contribution in [2.75, 3.05) is 0 Å². The molecular formula is C23H34O. The standard InChI is InChI=1S/C23H34O/c1-2-3-4-5-6-10-16-21-18-19-23(24)22(21)17-12-11-15-20-13-8-7-9-14-20/h7-10,13-14,16,21-22H,2-6,11-12,15,17-19H2,1H3/b16-10+/t21-,22+/m0/s1. The topological polar surface area (TPSA) is 17.1 Å². The second-order valence-corrected chi connectivity index (χ2v) is 7.28. The molecule has 2 rings (SSSR count). The van der Waals surface area contributed by atoms with Crippen molar-refractivity contribution in [3.63, 3.8) is 0 Å². The molecule has 0 bridgehead atoms. The Labute approximate surface area is 148 Å². The van der Waals surface area contributed by atoms with Crippen LogP contribution in [-0.4, -0.2) is 5.78 Å².